The lowest BCUT2D eigenvalue weighted by Crippen LogP contribution is -2.56. The maximum Gasteiger partial charge on any atom is 0.333 e. The van der Waals surface area contributed by atoms with Crippen molar-refractivity contribution in [2.24, 2.45) is 0 Å². The number of aryl methyl sites for hydroxylation is 1. The van der Waals surface area contributed by atoms with E-state index in [2.05, 4.69) is 159 Å². The molecule has 0 saturated heterocycles. The van der Waals surface area contributed by atoms with Crippen molar-refractivity contribution in [3.63, 3.8) is 0 Å². The average Bonchev–Trinajstić information content (AvgIpc) is 3.75. The van der Waals surface area contributed by atoms with Crippen molar-refractivity contribution >= 4 is 61.4 Å². The van der Waals surface area contributed by atoms with E-state index in [1.54, 1.807) is 11.1 Å². The minimum Gasteiger partial charge on any atom is -0.375 e. The van der Waals surface area contributed by atoms with Crippen LogP contribution in [0.3, 0.4) is 0 Å². The largest absolute Gasteiger partial charge is 0.375 e. The maximum absolute atomic E-state index is 2.79. The fraction of sp³-hybridized carbons (Fsp3) is 0.388. The van der Waals surface area contributed by atoms with Crippen LogP contribution in [0.4, 0.5) is 0 Å². The fourth-order valence-electron chi connectivity index (χ4n) is 10.0. The van der Waals surface area contributed by atoms with Crippen LogP contribution in [0.25, 0.3) is 60.4 Å². The van der Waals surface area contributed by atoms with Crippen molar-refractivity contribution in [3.05, 3.63) is 100 Å². The molecule has 2 aromatic heterocycles. The molecule has 2 nitrogen and oxygen atoms in total. The van der Waals surface area contributed by atoms with E-state index in [1.807, 2.05) is 0 Å². The summed E-state index contributed by atoms with van der Waals surface area (Å²) >= 11 is 0. The quantitative estimate of drug-likeness (QED) is 0.141. The standard InChI is InChI=1S/C49H53BN2/c1-46(2,3)28-16-18-39-33(21-28)36-24-31(49(10,11)12)26-38-45(36)51(39)41-20-27-14-13-15-32(27)42-37-25-30(48(7,8)9)23-35-34-22-29(47(4,5)6)17-19-40(34)52(44(35)37)50(38)43(41)42/h16-26H,13-15H2,1-12H3. The molecule has 0 bridgehead atoms. The lowest BCUT2D eigenvalue weighted by Gasteiger charge is -2.36. The first-order valence-electron chi connectivity index (χ1n) is 19.8. The molecule has 0 fully saturated rings. The molecule has 0 spiro atoms. The fourth-order valence-corrected chi connectivity index (χ4v) is 10.0. The minimum atomic E-state index is 0.00562. The van der Waals surface area contributed by atoms with Crippen LogP contribution >= 0.6 is 0 Å². The summed E-state index contributed by atoms with van der Waals surface area (Å²) < 4.78 is 5.47. The van der Waals surface area contributed by atoms with E-state index in [-0.39, 0.29) is 28.5 Å². The van der Waals surface area contributed by atoms with Gasteiger partial charge in [-0.1, -0.05) is 101 Å². The average molecular weight is 681 g/mol. The van der Waals surface area contributed by atoms with Gasteiger partial charge in [0.1, 0.15) is 0 Å². The Morgan fingerprint density at radius 2 is 1.06 bits per heavy atom. The highest BCUT2D eigenvalue weighted by molar-refractivity contribution is 6.90. The van der Waals surface area contributed by atoms with Crippen LogP contribution in [0, 0.1) is 0 Å². The second-order valence-electron chi connectivity index (χ2n) is 20.6. The van der Waals surface area contributed by atoms with E-state index < -0.39 is 0 Å². The van der Waals surface area contributed by atoms with Gasteiger partial charge in [-0.15, -0.1) is 0 Å². The first-order chi connectivity index (χ1) is 24.3. The van der Waals surface area contributed by atoms with Gasteiger partial charge in [0.2, 0.25) is 0 Å². The summed E-state index contributed by atoms with van der Waals surface area (Å²) in [5.74, 6) is 0. The highest BCUT2D eigenvalue weighted by atomic mass is 15.0. The number of nitrogens with zero attached hydrogens (tertiary/aromatic N) is 2. The molecule has 10 rings (SSSR count). The number of hydrogen-bond acceptors (Lipinski definition) is 0. The minimum absolute atomic E-state index is 0.00562. The summed E-state index contributed by atoms with van der Waals surface area (Å²) in [5, 5.41) is 5.58. The maximum atomic E-state index is 2.79. The van der Waals surface area contributed by atoms with Crippen molar-refractivity contribution in [2.45, 2.75) is 124 Å². The predicted octanol–water partition coefficient (Wildman–Crippen LogP) is 11.5. The molecule has 0 radical (unpaired) electrons. The summed E-state index contributed by atoms with van der Waals surface area (Å²) in [5.41, 5.74) is 21.8. The predicted molar refractivity (Wildman–Crippen MR) is 226 cm³/mol. The number of benzene rings is 5. The Kier molecular flexibility index (Phi) is 6.14. The molecule has 0 unspecified atom stereocenters. The van der Waals surface area contributed by atoms with Gasteiger partial charge in [0.05, 0.1) is 11.0 Å². The number of fused-ring (bicyclic) bond motifs is 12. The third-order valence-corrected chi connectivity index (χ3v) is 13.0. The number of aromatic nitrogens is 2. The van der Waals surface area contributed by atoms with Gasteiger partial charge in [0.15, 0.2) is 0 Å². The lowest BCUT2D eigenvalue weighted by molar-refractivity contribution is 0.590. The van der Waals surface area contributed by atoms with Gasteiger partial charge in [0.25, 0.3) is 0 Å². The Morgan fingerprint density at radius 1 is 0.519 bits per heavy atom. The molecule has 52 heavy (non-hydrogen) atoms. The van der Waals surface area contributed by atoms with Crippen molar-refractivity contribution in [2.75, 3.05) is 0 Å². The molecule has 3 heteroatoms. The Morgan fingerprint density at radius 3 is 1.67 bits per heavy atom. The van der Waals surface area contributed by atoms with E-state index in [0.717, 1.165) is 12.8 Å². The van der Waals surface area contributed by atoms with Crippen molar-refractivity contribution in [3.8, 4) is 16.8 Å². The molecule has 262 valence electrons. The highest BCUT2D eigenvalue weighted by Crippen LogP contribution is 2.49. The normalized spacial score (nSPS) is 15.4. The molecule has 7 aromatic rings. The van der Waals surface area contributed by atoms with Crippen LogP contribution in [0.1, 0.15) is 123 Å². The van der Waals surface area contributed by atoms with Crippen molar-refractivity contribution in [1.82, 2.24) is 9.05 Å². The third kappa shape index (κ3) is 4.20. The first kappa shape index (κ1) is 32.4. The third-order valence-electron chi connectivity index (χ3n) is 13.0. The van der Waals surface area contributed by atoms with E-state index in [1.165, 1.54) is 100 Å². The molecular formula is C49H53BN2. The number of hydrogen-bond donors (Lipinski definition) is 0. The first-order valence-corrected chi connectivity index (χ1v) is 19.8. The van der Waals surface area contributed by atoms with Crippen LogP contribution in [0.5, 0.6) is 0 Å². The molecule has 1 aliphatic carbocycles. The van der Waals surface area contributed by atoms with Crippen LogP contribution in [-0.4, -0.2) is 15.9 Å². The van der Waals surface area contributed by atoms with Crippen LogP contribution in [-0.2, 0) is 34.5 Å². The van der Waals surface area contributed by atoms with Crippen molar-refractivity contribution in [1.29, 1.82) is 0 Å². The van der Waals surface area contributed by atoms with Gasteiger partial charge < -0.3 is 9.05 Å². The topological polar surface area (TPSA) is 9.86 Å². The Labute approximate surface area is 310 Å². The Hall–Kier alpha value is -4.24. The van der Waals surface area contributed by atoms with E-state index in [0.29, 0.717) is 0 Å². The summed E-state index contributed by atoms with van der Waals surface area (Å²) in [4.78, 5) is 0. The zero-order chi connectivity index (χ0) is 36.6. The number of rotatable bonds is 0. The van der Waals surface area contributed by atoms with Gasteiger partial charge >= 0.3 is 6.85 Å². The van der Waals surface area contributed by atoms with Crippen molar-refractivity contribution < 1.29 is 0 Å². The second kappa shape index (κ2) is 9.84. The zero-order valence-electron chi connectivity index (χ0n) is 33.4. The summed E-state index contributed by atoms with van der Waals surface area (Å²) in [6.45, 7) is 28.5. The molecule has 4 heterocycles. The zero-order valence-corrected chi connectivity index (χ0v) is 33.4. The molecule has 0 N–H and O–H groups in total. The molecule has 0 saturated carbocycles. The molecule has 5 aromatic carbocycles. The van der Waals surface area contributed by atoms with Gasteiger partial charge in [-0.25, -0.2) is 0 Å². The van der Waals surface area contributed by atoms with Gasteiger partial charge in [0, 0.05) is 43.8 Å². The van der Waals surface area contributed by atoms with Gasteiger partial charge in [-0.2, -0.15) is 0 Å². The van der Waals surface area contributed by atoms with Crippen LogP contribution < -0.4 is 10.9 Å². The summed E-state index contributed by atoms with van der Waals surface area (Å²) in [6.07, 6.45) is 3.55. The van der Waals surface area contributed by atoms with E-state index in [4.69, 9.17) is 0 Å². The molecule has 3 aliphatic rings. The molecule has 2 aliphatic heterocycles. The van der Waals surface area contributed by atoms with Crippen LogP contribution in [0.2, 0.25) is 0 Å². The Balaban J connectivity index is 1.46. The monoisotopic (exact) mass is 680 g/mol. The molecular weight excluding hydrogens is 627 g/mol. The smallest absolute Gasteiger partial charge is 0.333 e. The highest BCUT2D eigenvalue weighted by Gasteiger charge is 2.44. The summed E-state index contributed by atoms with van der Waals surface area (Å²) in [7, 11) is 0. The van der Waals surface area contributed by atoms with Gasteiger partial charge in [-0.05, 0) is 139 Å². The van der Waals surface area contributed by atoms with Crippen LogP contribution in [0.15, 0.2) is 66.7 Å². The molecule has 0 atom stereocenters. The van der Waals surface area contributed by atoms with E-state index >= 15 is 0 Å². The van der Waals surface area contributed by atoms with Gasteiger partial charge in [-0.3, -0.25) is 0 Å². The second-order valence-corrected chi connectivity index (χ2v) is 20.6. The molecule has 0 amide bonds. The summed E-state index contributed by atoms with van der Waals surface area (Å²) in [6, 6.07) is 27.6. The lowest BCUT2D eigenvalue weighted by atomic mass is 9.45. The van der Waals surface area contributed by atoms with E-state index in [9.17, 15) is 0 Å². The SMILES string of the molecule is CC(C)(C)c1ccc2c(c1)c1cc(C(C)(C)C)cc3c1n2B1c2c(cc4c(c2-3)CCC4)-n2c3ccc(C(C)(C)C)cc3c3cc(C(C)(C)C)cc1c32. The Bertz CT molecular complexity index is 2740.